The van der Waals surface area contributed by atoms with Gasteiger partial charge in [0.15, 0.2) is 0 Å². The Morgan fingerprint density at radius 3 is 1.80 bits per heavy atom. The molecule has 0 atom stereocenters. The number of rotatable bonds is 4. The van der Waals surface area contributed by atoms with E-state index in [1.807, 2.05) is 36.7 Å². The first-order valence-electron chi connectivity index (χ1n) is 14.8. The zero-order chi connectivity index (χ0) is 29.0. The van der Waals surface area contributed by atoms with E-state index in [4.69, 9.17) is 9.97 Å². The number of hydrogen-bond acceptors (Lipinski definition) is 2. The molecule has 0 unspecified atom stereocenters. The number of nitrogens with zero attached hydrogens (tertiary/aromatic N) is 4. The first-order valence-corrected chi connectivity index (χ1v) is 14.8. The van der Waals surface area contributed by atoms with Crippen LogP contribution in [0, 0.1) is 0 Å². The summed E-state index contributed by atoms with van der Waals surface area (Å²) in [6.45, 7) is 0. The Labute approximate surface area is 254 Å². The van der Waals surface area contributed by atoms with Crippen LogP contribution >= 0.6 is 0 Å². The molecular formula is C40H26N4. The van der Waals surface area contributed by atoms with Crippen molar-refractivity contribution in [2.24, 2.45) is 0 Å². The molecule has 4 heterocycles. The van der Waals surface area contributed by atoms with E-state index in [0.29, 0.717) is 0 Å². The fourth-order valence-electron chi connectivity index (χ4n) is 6.54. The molecule has 9 aromatic rings. The number of benzene rings is 5. The molecule has 0 amide bonds. The van der Waals surface area contributed by atoms with Crippen molar-refractivity contribution in [2.75, 3.05) is 0 Å². The summed E-state index contributed by atoms with van der Waals surface area (Å²) >= 11 is 0. The minimum absolute atomic E-state index is 0.932. The molecular weight excluding hydrogens is 536 g/mol. The van der Waals surface area contributed by atoms with E-state index < -0.39 is 0 Å². The third-order valence-electron chi connectivity index (χ3n) is 8.57. The lowest BCUT2D eigenvalue weighted by Gasteiger charge is -2.13. The average molecular weight is 563 g/mol. The first-order chi connectivity index (χ1) is 21.8. The summed E-state index contributed by atoms with van der Waals surface area (Å²) < 4.78 is 4.66. The van der Waals surface area contributed by atoms with E-state index in [1.54, 1.807) is 0 Å². The van der Waals surface area contributed by atoms with Gasteiger partial charge in [0, 0.05) is 57.3 Å². The molecule has 44 heavy (non-hydrogen) atoms. The van der Waals surface area contributed by atoms with E-state index in [-0.39, 0.29) is 0 Å². The Balaban J connectivity index is 1.34. The van der Waals surface area contributed by atoms with Crippen LogP contribution in [-0.4, -0.2) is 19.1 Å². The van der Waals surface area contributed by atoms with Crippen molar-refractivity contribution >= 4 is 43.5 Å². The molecule has 9 rings (SSSR count). The number of pyridine rings is 2. The normalized spacial score (nSPS) is 11.6. The van der Waals surface area contributed by atoms with Crippen molar-refractivity contribution in [3.05, 3.63) is 158 Å². The molecule has 206 valence electrons. The molecule has 0 radical (unpaired) electrons. The van der Waals surface area contributed by atoms with Gasteiger partial charge in [0.05, 0.1) is 27.9 Å². The quantitative estimate of drug-likeness (QED) is 0.214. The van der Waals surface area contributed by atoms with Crippen LogP contribution in [0.15, 0.2) is 158 Å². The lowest BCUT2D eigenvalue weighted by atomic mass is 10.0. The van der Waals surface area contributed by atoms with Gasteiger partial charge in [0.25, 0.3) is 0 Å². The average Bonchev–Trinajstić information content (AvgIpc) is 3.65. The van der Waals surface area contributed by atoms with E-state index in [2.05, 4.69) is 131 Å². The molecule has 0 N–H and O–H groups in total. The second-order valence-corrected chi connectivity index (χ2v) is 11.2. The Morgan fingerprint density at radius 2 is 1.07 bits per heavy atom. The van der Waals surface area contributed by atoms with Gasteiger partial charge in [-0.25, -0.2) is 0 Å². The Morgan fingerprint density at radius 1 is 0.409 bits per heavy atom. The molecule has 0 fully saturated rings. The van der Waals surface area contributed by atoms with Gasteiger partial charge in [-0.3, -0.25) is 9.97 Å². The summed E-state index contributed by atoms with van der Waals surface area (Å²) in [7, 11) is 0. The summed E-state index contributed by atoms with van der Waals surface area (Å²) in [6, 6.07) is 49.6. The van der Waals surface area contributed by atoms with Crippen LogP contribution < -0.4 is 0 Å². The van der Waals surface area contributed by atoms with Crippen LogP contribution in [0.3, 0.4) is 0 Å². The summed E-state index contributed by atoms with van der Waals surface area (Å²) in [5.74, 6) is 0. The Bertz CT molecular complexity index is 2420. The molecule has 0 aliphatic rings. The highest BCUT2D eigenvalue weighted by Gasteiger charge is 2.16. The molecule has 0 aliphatic carbocycles. The molecule has 4 aromatic heterocycles. The Hall–Kier alpha value is -6.00. The summed E-state index contributed by atoms with van der Waals surface area (Å²) in [5.41, 5.74) is 9.74. The fourth-order valence-corrected chi connectivity index (χ4v) is 6.54. The van der Waals surface area contributed by atoms with Crippen molar-refractivity contribution in [3.63, 3.8) is 0 Å². The third-order valence-corrected chi connectivity index (χ3v) is 8.57. The van der Waals surface area contributed by atoms with Gasteiger partial charge >= 0.3 is 0 Å². The smallest absolute Gasteiger partial charge is 0.0702 e. The zero-order valence-corrected chi connectivity index (χ0v) is 23.8. The van der Waals surface area contributed by atoms with Crippen LogP contribution in [0.1, 0.15) is 0 Å². The standard InChI is InChI=1S/C40H26N4/c1-2-10-32(11-3-1)43-19-16-27-20-28-24-35-34-12-4-5-15-38(34)44(40(35)26-29(28)25-39(27)43)33-22-30(36-13-6-8-17-41-36)21-31(23-33)37-14-7-9-18-42-37/h1-26H. The maximum absolute atomic E-state index is 4.70. The molecule has 0 saturated carbocycles. The second kappa shape index (κ2) is 9.79. The van der Waals surface area contributed by atoms with Crippen LogP contribution in [0.25, 0.3) is 77.4 Å². The third kappa shape index (κ3) is 3.92. The van der Waals surface area contributed by atoms with Gasteiger partial charge in [-0.1, -0.05) is 48.5 Å². The van der Waals surface area contributed by atoms with E-state index in [1.165, 1.54) is 43.5 Å². The SMILES string of the molecule is c1ccc(-n2ccc3cc4cc5c6ccccc6n(-c6cc(-c7ccccn7)cc(-c7ccccn7)c6)c5cc4cc32)cc1. The number of fused-ring (bicyclic) bond motifs is 5. The minimum Gasteiger partial charge on any atom is -0.317 e. The highest BCUT2D eigenvalue weighted by molar-refractivity contribution is 6.15. The van der Waals surface area contributed by atoms with Crippen LogP contribution in [-0.2, 0) is 0 Å². The van der Waals surface area contributed by atoms with Crippen molar-refractivity contribution in [2.45, 2.75) is 0 Å². The molecule has 4 heteroatoms. The van der Waals surface area contributed by atoms with Gasteiger partial charge in [-0.05, 0) is 102 Å². The Kier molecular flexibility index (Phi) is 5.47. The number of hydrogen-bond donors (Lipinski definition) is 0. The zero-order valence-electron chi connectivity index (χ0n) is 23.8. The van der Waals surface area contributed by atoms with Crippen molar-refractivity contribution in [1.82, 2.24) is 19.1 Å². The summed E-state index contributed by atoms with van der Waals surface area (Å²) in [5, 5.41) is 6.13. The number of para-hydroxylation sites is 2. The molecule has 0 spiro atoms. The van der Waals surface area contributed by atoms with E-state index >= 15 is 0 Å². The van der Waals surface area contributed by atoms with E-state index in [9.17, 15) is 0 Å². The summed E-state index contributed by atoms with van der Waals surface area (Å²) in [4.78, 5) is 9.39. The fraction of sp³-hybridized carbons (Fsp3) is 0. The molecule has 0 bridgehead atoms. The predicted molar refractivity (Wildman–Crippen MR) is 182 cm³/mol. The molecule has 4 nitrogen and oxygen atoms in total. The van der Waals surface area contributed by atoms with Crippen molar-refractivity contribution in [3.8, 4) is 33.9 Å². The van der Waals surface area contributed by atoms with Crippen LogP contribution in [0.2, 0.25) is 0 Å². The van der Waals surface area contributed by atoms with Crippen LogP contribution in [0.5, 0.6) is 0 Å². The molecule has 0 aliphatic heterocycles. The van der Waals surface area contributed by atoms with Gasteiger partial charge in [0.1, 0.15) is 0 Å². The maximum atomic E-state index is 4.70. The van der Waals surface area contributed by atoms with Gasteiger partial charge < -0.3 is 9.13 Å². The first kappa shape index (κ1) is 24.6. The largest absolute Gasteiger partial charge is 0.317 e. The lowest BCUT2D eigenvalue weighted by molar-refractivity contribution is 1.13. The van der Waals surface area contributed by atoms with E-state index in [0.717, 1.165) is 33.9 Å². The number of aromatic nitrogens is 4. The highest BCUT2D eigenvalue weighted by Crippen LogP contribution is 2.38. The van der Waals surface area contributed by atoms with Crippen molar-refractivity contribution < 1.29 is 0 Å². The monoisotopic (exact) mass is 562 g/mol. The van der Waals surface area contributed by atoms with Crippen molar-refractivity contribution in [1.29, 1.82) is 0 Å². The molecule has 5 aromatic carbocycles. The minimum atomic E-state index is 0.932. The summed E-state index contributed by atoms with van der Waals surface area (Å²) in [6.07, 6.45) is 5.86. The van der Waals surface area contributed by atoms with Gasteiger partial charge in [-0.2, -0.15) is 0 Å². The maximum Gasteiger partial charge on any atom is 0.0702 e. The predicted octanol–water partition coefficient (Wildman–Crippen LogP) is 10.0. The van der Waals surface area contributed by atoms with Gasteiger partial charge in [0.2, 0.25) is 0 Å². The highest BCUT2D eigenvalue weighted by atomic mass is 15.0. The molecule has 0 saturated heterocycles. The topological polar surface area (TPSA) is 35.6 Å². The lowest BCUT2D eigenvalue weighted by Crippen LogP contribution is -1.97. The second-order valence-electron chi connectivity index (χ2n) is 11.2. The van der Waals surface area contributed by atoms with Gasteiger partial charge in [-0.15, -0.1) is 0 Å². The van der Waals surface area contributed by atoms with Crippen LogP contribution in [0.4, 0.5) is 0 Å².